The number of para-hydroxylation sites is 1. The Morgan fingerprint density at radius 3 is 2.14 bits per heavy atom. The molecule has 2 aliphatic rings. The Kier molecular flexibility index (Phi) is 6.14. The summed E-state index contributed by atoms with van der Waals surface area (Å²) in [6, 6.07) is 47.1. The maximum absolute atomic E-state index is 9.79. The highest BCUT2D eigenvalue weighted by Crippen LogP contribution is 2.56. The SMILES string of the molecule is N#Cc1ccc2c(c1)C1(CCCCC1)c1ccc(-c3cc(-c4ccc5ccccc5c4)nc(-c4ccc5c(c4)oc4ccccc45)n3)cc1-2. The summed E-state index contributed by atoms with van der Waals surface area (Å²) < 4.78 is 6.27. The number of hydrogen-bond acceptors (Lipinski definition) is 4. The summed E-state index contributed by atoms with van der Waals surface area (Å²) in [5, 5.41) is 14.3. The van der Waals surface area contributed by atoms with Gasteiger partial charge in [0.05, 0.1) is 23.0 Å². The van der Waals surface area contributed by atoms with Gasteiger partial charge in [-0.25, -0.2) is 9.97 Å². The number of nitrogens with zero attached hydrogens (tertiary/aromatic N) is 3. The standard InChI is InChI=1S/C45H31N3O/c46-27-28-12-17-34-37-24-32(16-19-38(37)45(39(34)22-28)20-6-1-7-21-45)41-26-40(31-14-13-29-8-2-3-9-30(29)23-31)47-44(48-41)33-15-18-36-35-10-4-5-11-42(35)49-43(36)25-33/h2-5,8-19,22-26H,1,6-7,20-21H2. The van der Waals surface area contributed by atoms with Gasteiger partial charge in [0, 0.05) is 32.9 Å². The third kappa shape index (κ3) is 4.36. The molecule has 0 saturated heterocycles. The summed E-state index contributed by atoms with van der Waals surface area (Å²) in [5.74, 6) is 0.659. The normalized spacial score (nSPS) is 14.7. The van der Waals surface area contributed by atoms with E-state index in [2.05, 4.69) is 109 Å². The van der Waals surface area contributed by atoms with Crippen molar-refractivity contribution in [2.45, 2.75) is 37.5 Å². The van der Waals surface area contributed by atoms with Crippen LogP contribution >= 0.6 is 0 Å². The molecule has 4 nitrogen and oxygen atoms in total. The van der Waals surface area contributed by atoms with Crippen molar-refractivity contribution in [2.24, 2.45) is 0 Å². The van der Waals surface area contributed by atoms with E-state index in [0.717, 1.165) is 68.4 Å². The molecule has 49 heavy (non-hydrogen) atoms. The van der Waals surface area contributed by atoms with Crippen LogP contribution in [0.1, 0.15) is 48.8 Å². The second-order valence-electron chi connectivity index (χ2n) is 13.6. The van der Waals surface area contributed by atoms with Crippen LogP contribution in [-0.2, 0) is 5.41 Å². The highest BCUT2D eigenvalue weighted by Gasteiger charge is 2.44. The smallest absolute Gasteiger partial charge is 0.160 e. The van der Waals surface area contributed by atoms with Crippen LogP contribution < -0.4 is 0 Å². The van der Waals surface area contributed by atoms with Gasteiger partial charge in [-0.1, -0.05) is 98.1 Å². The lowest BCUT2D eigenvalue weighted by atomic mass is 9.67. The molecule has 2 aliphatic carbocycles. The number of aromatic nitrogens is 2. The average Bonchev–Trinajstić information content (AvgIpc) is 3.66. The van der Waals surface area contributed by atoms with E-state index in [-0.39, 0.29) is 5.41 Å². The molecule has 0 N–H and O–H groups in total. The molecule has 6 aromatic carbocycles. The molecule has 10 rings (SSSR count). The van der Waals surface area contributed by atoms with Gasteiger partial charge in [0.25, 0.3) is 0 Å². The number of rotatable bonds is 3. The van der Waals surface area contributed by atoms with Crippen molar-refractivity contribution >= 4 is 32.7 Å². The molecule has 1 saturated carbocycles. The zero-order valence-corrected chi connectivity index (χ0v) is 26.9. The van der Waals surface area contributed by atoms with E-state index in [9.17, 15) is 5.26 Å². The number of furan rings is 1. The minimum absolute atomic E-state index is 0.0244. The van der Waals surface area contributed by atoms with Crippen LogP contribution in [0, 0.1) is 11.3 Å². The fraction of sp³-hybridized carbons (Fsp3) is 0.133. The Hall–Kier alpha value is -6.05. The number of nitriles is 1. The predicted molar refractivity (Wildman–Crippen MR) is 197 cm³/mol. The Bertz CT molecular complexity index is 2670. The van der Waals surface area contributed by atoms with Gasteiger partial charge in [0.1, 0.15) is 11.2 Å². The zero-order valence-electron chi connectivity index (χ0n) is 26.9. The molecular formula is C45H31N3O. The van der Waals surface area contributed by atoms with Crippen molar-refractivity contribution in [3.05, 3.63) is 144 Å². The van der Waals surface area contributed by atoms with Gasteiger partial charge in [-0.15, -0.1) is 0 Å². The van der Waals surface area contributed by atoms with E-state index in [0.29, 0.717) is 5.82 Å². The van der Waals surface area contributed by atoms with Crippen LogP contribution in [0.3, 0.4) is 0 Å². The average molecular weight is 630 g/mol. The van der Waals surface area contributed by atoms with E-state index in [1.54, 1.807) is 0 Å². The van der Waals surface area contributed by atoms with Crippen LogP contribution in [0.4, 0.5) is 0 Å². The Morgan fingerprint density at radius 1 is 0.551 bits per heavy atom. The van der Waals surface area contributed by atoms with Crippen molar-refractivity contribution in [2.75, 3.05) is 0 Å². The van der Waals surface area contributed by atoms with Crippen molar-refractivity contribution in [3.8, 4) is 51.1 Å². The van der Waals surface area contributed by atoms with E-state index in [4.69, 9.17) is 14.4 Å². The van der Waals surface area contributed by atoms with Crippen molar-refractivity contribution in [1.29, 1.82) is 5.26 Å². The number of fused-ring (bicyclic) bond motifs is 9. The first kappa shape index (κ1) is 28.0. The molecule has 2 aromatic heterocycles. The molecule has 0 amide bonds. The Morgan fingerprint density at radius 2 is 1.29 bits per heavy atom. The van der Waals surface area contributed by atoms with Gasteiger partial charge >= 0.3 is 0 Å². The van der Waals surface area contributed by atoms with Gasteiger partial charge < -0.3 is 4.42 Å². The fourth-order valence-corrected chi connectivity index (χ4v) is 8.51. The summed E-state index contributed by atoms with van der Waals surface area (Å²) >= 11 is 0. The van der Waals surface area contributed by atoms with Crippen molar-refractivity contribution < 1.29 is 4.42 Å². The van der Waals surface area contributed by atoms with Crippen LogP contribution in [0.25, 0.3) is 77.7 Å². The molecule has 1 fully saturated rings. The fourth-order valence-electron chi connectivity index (χ4n) is 8.51. The molecule has 8 aromatic rings. The molecular weight excluding hydrogens is 599 g/mol. The van der Waals surface area contributed by atoms with E-state index in [1.807, 2.05) is 24.3 Å². The van der Waals surface area contributed by atoms with Gasteiger partial charge in [-0.05, 0) is 94.4 Å². The van der Waals surface area contributed by atoms with Gasteiger partial charge in [-0.2, -0.15) is 5.26 Å². The van der Waals surface area contributed by atoms with Crippen molar-refractivity contribution in [1.82, 2.24) is 9.97 Å². The minimum atomic E-state index is -0.0244. The maximum Gasteiger partial charge on any atom is 0.160 e. The van der Waals surface area contributed by atoms with Crippen LogP contribution in [0.2, 0.25) is 0 Å². The van der Waals surface area contributed by atoms with Crippen molar-refractivity contribution in [3.63, 3.8) is 0 Å². The second kappa shape index (κ2) is 10.7. The Labute approximate surface area is 284 Å². The number of benzene rings is 6. The highest BCUT2D eigenvalue weighted by molar-refractivity contribution is 6.05. The topological polar surface area (TPSA) is 62.7 Å². The lowest BCUT2D eigenvalue weighted by Gasteiger charge is -2.36. The lowest BCUT2D eigenvalue weighted by molar-refractivity contribution is 0.353. The van der Waals surface area contributed by atoms with Gasteiger partial charge in [0.15, 0.2) is 5.82 Å². The van der Waals surface area contributed by atoms with E-state index < -0.39 is 0 Å². The summed E-state index contributed by atoms with van der Waals surface area (Å²) in [6.45, 7) is 0. The zero-order chi connectivity index (χ0) is 32.5. The van der Waals surface area contributed by atoms with E-state index >= 15 is 0 Å². The summed E-state index contributed by atoms with van der Waals surface area (Å²) in [4.78, 5) is 10.4. The highest BCUT2D eigenvalue weighted by atomic mass is 16.3. The summed E-state index contributed by atoms with van der Waals surface area (Å²) in [5.41, 5.74) is 12.4. The number of hydrogen-bond donors (Lipinski definition) is 0. The Balaban J connectivity index is 1.17. The largest absolute Gasteiger partial charge is 0.456 e. The van der Waals surface area contributed by atoms with Crippen LogP contribution in [-0.4, -0.2) is 9.97 Å². The van der Waals surface area contributed by atoms with Gasteiger partial charge in [-0.3, -0.25) is 0 Å². The molecule has 0 bridgehead atoms. The molecule has 1 spiro atoms. The van der Waals surface area contributed by atoms with Crippen LogP contribution in [0.5, 0.6) is 0 Å². The first-order chi connectivity index (χ1) is 24.2. The molecule has 2 heterocycles. The second-order valence-corrected chi connectivity index (χ2v) is 13.6. The first-order valence-corrected chi connectivity index (χ1v) is 17.2. The minimum Gasteiger partial charge on any atom is -0.456 e. The quantitative estimate of drug-likeness (QED) is 0.195. The van der Waals surface area contributed by atoms with Gasteiger partial charge in [0.2, 0.25) is 0 Å². The molecule has 0 atom stereocenters. The third-order valence-electron chi connectivity index (χ3n) is 10.9. The summed E-state index contributed by atoms with van der Waals surface area (Å²) in [7, 11) is 0. The van der Waals surface area contributed by atoms with Crippen LogP contribution in [0.15, 0.2) is 132 Å². The molecule has 232 valence electrons. The molecule has 0 unspecified atom stereocenters. The monoisotopic (exact) mass is 629 g/mol. The molecule has 0 aliphatic heterocycles. The molecule has 4 heteroatoms. The third-order valence-corrected chi connectivity index (χ3v) is 10.9. The first-order valence-electron chi connectivity index (χ1n) is 17.2. The summed E-state index contributed by atoms with van der Waals surface area (Å²) in [6.07, 6.45) is 5.92. The predicted octanol–water partition coefficient (Wildman–Crippen LogP) is 11.6. The maximum atomic E-state index is 9.79. The molecule has 0 radical (unpaired) electrons. The lowest BCUT2D eigenvalue weighted by Crippen LogP contribution is -2.28. The van der Waals surface area contributed by atoms with E-state index in [1.165, 1.54) is 52.3 Å².